The van der Waals surface area contributed by atoms with Crippen molar-refractivity contribution in [1.29, 1.82) is 0 Å². The molecule has 1 aliphatic heterocycles. The van der Waals surface area contributed by atoms with Crippen LogP contribution < -0.4 is 5.32 Å². The van der Waals surface area contributed by atoms with Crippen molar-refractivity contribution in [3.63, 3.8) is 0 Å². The van der Waals surface area contributed by atoms with Crippen LogP contribution in [0.25, 0.3) is 0 Å². The summed E-state index contributed by atoms with van der Waals surface area (Å²) in [5.74, 6) is -0.405. The Morgan fingerprint density at radius 1 is 1.00 bits per heavy atom. The summed E-state index contributed by atoms with van der Waals surface area (Å²) in [6, 6.07) is 21.9. The zero-order valence-corrected chi connectivity index (χ0v) is 20.6. The van der Waals surface area contributed by atoms with Crippen LogP contribution in [-0.4, -0.2) is 43.9 Å². The monoisotopic (exact) mass is 498 g/mol. The minimum absolute atomic E-state index is 0.0767. The molecule has 2 atom stereocenters. The molecule has 1 saturated heterocycles. The van der Waals surface area contributed by atoms with Crippen LogP contribution >= 0.6 is 11.6 Å². The lowest BCUT2D eigenvalue weighted by atomic mass is 10.0. The third-order valence-electron chi connectivity index (χ3n) is 5.70. The third-order valence-corrected chi connectivity index (χ3v) is 8.01. The first-order valence-corrected chi connectivity index (χ1v) is 12.9. The van der Waals surface area contributed by atoms with Crippen LogP contribution in [0.2, 0.25) is 5.02 Å². The van der Waals surface area contributed by atoms with Gasteiger partial charge in [0.25, 0.3) is 5.91 Å². The number of rotatable bonds is 6. The number of hydrogen-bond acceptors (Lipinski definition) is 4. The summed E-state index contributed by atoms with van der Waals surface area (Å²) in [6.07, 6.45) is 0.195. The second kappa shape index (κ2) is 10.3. The fraction of sp³-hybridized carbons (Fsp3) is 0.269. The molecule has 0 saturated carbocycles. The number of halogens is 1. The summed E-state index contributed by atoms with van der Waals surface area (Å²) < 4.78 is 33.7. The van der Waals surface area contributed by atoms with Gasteiger partial charge in [0.2, 0.25) is 10.0 Å². The number of nitrogens with zero attached hydrogens (tertiary/aromatic N) is 1. The molecule has 3 aromatic rings. The van der Waals surface area contributed by atoms with Crippen molar-refractivity contribution in [3.05, 3.63) is 94.5 Å². The van der Waals surface area contributed by atoms with Crippen molar-refractivity contribution < 1.29 is 17.9 Å². The predicted octanol–water partition coefficient (Wildman–Crippen LogP) is 4.98. The number of carbonyl (C=O) groups excluding carboxylic acids is 1. The number of para-hydroxylation sites is 1. The van der Waals surface area contributed by atoms with Gasteiger partial charge >= 0.3 is 0 Å². The molecule has 1 heterocycles. The quantitative estimate of drug-likeness (QED) is 0.520. The minimum atomic E-state index is -3.89. The van der Waals surface area contributed by atoms with E-state index in [-0.39, 0.29) is 40.8 Å². The van der Waals surface area contributed by atoms with E-state index in [2.05, 4.69) is 5.32 Å². The standard InChI is InChI=1S/C26H27ClN2O4S/c1-18-16-29(17-19(2)33-18)34(31,32)25-15-22(12-13-23(25)27)26(30)28-24-11-7-6-10-21(24)14-20-8-4-3-5-9-20/h3-13,15,18-19H,14,16-17H2,1-2H3,(H,28,30)/t18-,19-/m1/s1. The van der Waals surface area contributed by atoms with Crippen LogP contribution in [-0.2, 0) is 21.2 Å². The van der Waals surface area contributed by atoms with E-state index < -0.39 is 15.9 Å². The number of hydrogen-bond donors (Lipinski definition) is 1. The van der Waals surface area contributed by atoms with Crippen molar-refractivity contribution in [2.45, 2.75) is 37.4 Å². The van der Waals surface area contributed by atoms with Gasteiger partial charge in [0.1, 0.15) is 4.90 Å². The van der Waals surface area contributed by atoms with Gasteiger partial charge in [-0.15, -0.1) is 0 Å². The number of carbonyl (C=O) groups is 1. The highest BCUT2D eigenvalue weighted by Crippen LogP contribution is 2.29. The third kappa shape index (κ3) is 5.50. The second-order valence-electron chi connectivity index (χ2n) is 8.50. The molecule has 8 heteroatoms. The topological polar surface area (TPSA) is 75.7 Å². The Morgan fingerprint density at radius 3 is 2.35 bits per heavy atom. The van der Waals surface area contributed by atoms with E-state index in [1.54, 1.807) is 0 Å². The van der Waals surface area contributed by atoms with Crippen LogP contribution in [0, 0.1) is 0 Å². The molecule has 0 radical (unpaired) electrons. The average molecular weight is 499 g/mol. The molecule has 1 N–H and O–H groups in total. The SMILES string of the molecule is C[C@@H]1CN(S(=O)(=O)c2cc(C(=O)Nc3ccccc3Cc3ccccc3)ccc2Cl)C[C@@H](C)O1. The lowest BCUT2D eigenvalue weighted by Gasteiger charge is -2.34. The van der Waals surface area contributed by atoms with Crippen molar-refractivity contribution >= 4 is 33.2 Å². The first-order valence-electron chi connectivity index (χ1n) is 11.1. The number of nitrogens with one attached hydrogen (secondary N) is 1. The van der Waals surface area contributed by atoms with Crippen LogP contribution in [0.3, 0.4) is 0 Å². The van der Waals surface area contributed by atoms with E-state index in [0.717, 1.165) is 11.1 Å². The smallest absolute Gasteiger partial charge is 0.255 e. The molecule has 0 aliphatic carbocycles. The minimum Gasteiger partial charge on any atom is -0.373 e. The molecule has 6 nitrogen and oxygen atoms in total. The summed E-state index contributed by atoms with van der Waals surface area (Å²) in [7, 11) is -3.89. The molecular weight excluding hydrogens is 472 g/mol. The van der Waals surface area contributed by atoms with E-state index in [4.69, 9.17) is 16.3 Å². The molecule has 1 amide bonds. The van der Waals surface area contributed by atoms with Crippen LogP contribution in [0.15, 0.2) is 77.7 Å². The van der Waals surface area contributed by atoms with E-state index in [1.807, 2.05) is 68.4 Å². The normalized spacial score (nSPS) is 19.0. The second-order valence-corrected chi connectivity index (χ2v) is 10.8. The average Bonchev–Trinajstić information content (AvgIpc) is 2.80. The number of amides is 1. The molecule has 3 aromatic carbocycles. The Bertz CT molecular complexity index is 1270. The molecule has 1 aliphatic rings. The number of sulfonamides is 1. The summed E-state index contributed by atoms with van der Waals surface area (Å²) in [4.78, 5) is 13.0. The fourth-order valence-corrected chi connectivity index (χ4v) is 6.21. The van der Waals surface area contributed by atoms with Gasteiger partial charge in [-0.2, -0.15) is 4.31 Å². The Balaban J connectivity index is 1.59. The Labute approximate surface area is 205 Å². The molecule has 34 heavy (non-hydrogen) atoms. The van der Waals surface area contributed by atoms with Crippen molar-refractivity contribution in [2.24, 2.45) is 0 Å². The van der Waals surface area contributed by atoms with Crippen LogP contribution in [0.5, 0.6) is 0 Å². The fourth-order valence-electron chi connectivity index (χ4n) is 4.11. The zero-order valence-electron chi connectivity index (χ0n) is 19.1. The van der Waals surface area contributed by atoms with E-state index in [9.17, 15) is 13.2 Å². The molecule has 0 bridgehead atoms. The maximum Gasteiger partial charge on any atom is 0.255 e. The number of ether oxygens (including phenoxy) is 1. The van der Waals surface area contributed by atoms with Crippen molar-refractivity contribution in [2.75, 3.05) is 18.4 Å². The zero-order chi connectivity index (χ0) is 24.3. The molecular formula is C26H27ClN2O4S. The summed E-state index contributed by atoms with van der Waals surface area (Å²) in [6.45, 7) is 4.12. The predicted molar refractivity (Wildman–Crippen MR) is 134 cm³/mol. The van der Waals surface area contributed by atoms with E-state index >= 15 is 0 Å². The van der Waals surface area contributed by atoms with Gasteiger partial charge < -0.3 is 10.1 Å². The molecule has 4 rings (SSSR count). The van der Waals surface area contributed by atoms with Crippen molar-refractivity contribution in [1.82, 2.24) is 4.31 Å². The van der Waals surface area contributed by atoms with Crippen LogP contribution in [0.1, 0.15) is 35.3 Å². The lowest BCUT2D eigenvalue weighted by molar-refractivity contribution is -0.0440. The molecule has 178 valence electrons. The van der Waals surface area contributed by atoms with Crippen molar-refractivity contribution in [3.8, 4) is 0 Å². The van der Waals surface area contributed by atoms with Gasteiger partial charge in [-0.3, -0.25) is 4.79 Å². The van der Waals surface area contributed by atoms with E-state index in [0.29, 0.717) is 12.1 Å². The van der Waals surface area contributed by atoms with Gasteiger partial charge in [-0.25, -0.2) is 8.42 Å². The van der Waals surface area contributed by atoms with E-state index in [1.165, 1.54) is 22.5 Å². The van der Waals surface area contributed by atoms with Gasteiger partial charge in [-0.05, 0) is 55.7 Å². The van der Waals surface area contributed by atoms with Gasteiger partial charge in [-0.1, -0.05) is 60.1 Å². The first kappa shape index (κ1) is 24.4. The highest BCUT2D eigenvalue weighted by molar-refractivity contribution is 7.89. The lowest BCUT2D eigenvalue weighted by Crippen LogP contribution is -2.48. The van der Waals surface area contributed by atoms with Gasteiger partial charge in [0.05, 0.1) is 17.2 Å². The summed E-state index contributed by atoms with van der Waals surface area (Å²) in [5, 5.41) is 3.01. The Morgan fingerprint density at radius 2 is 1.65 bits per heavy atom. The Hall–Kier alpha value is -2.71. The maximum absolute atomic E-state index is 13.3. The molecule has 1 fully saturated rings. The number of morpholine rings is 1. The molecule has 0 aromatic heterocycles. The first-order chi connectivity index (χ1) is 16.2. The highest BCUT2D eigenvalue weighted by atomic mass is 35.5. The summed E-state index contributed by atoms with van der Waals surface area (Å²) in [5.41, 5.74) is 2.97. The number of anilines is 1. The van der Waals surface area contributed by atoms with Crippen LogP contribution in [0.4, 0.5) is 5.69 Å². The van der Waals surface area contributed by atoms with Gasteiger partial charge in [0.15, 0.2) is 0 Å². The molecule has 0 spiro atoms. The Kier molecular flexibility index (Phi) is 7.38. The maximum atomic E-state index is 13.3. The number of benzene rings is 3. The molecule has 0 unspecified atom stereocenters. The largest absolute Gasteiger partial charge is 0.373 e. The summed E-state index contributed by atoms with van der Waals surface area (Å²) >= 11 is 6.28. The van der Waals surface area contributed by atoms with Gasteiger partial charge in [0, 0.05) is 24.3 Å². The highest BCUT2D eigenvalue weighted by Gasteiger charge is 2.34.